The second kappa shape index (κ2) is 6.07. The summed E-state index contributed by atoms with van der Waals surface area (Å²) >= 11 is 0. The van der Waals surface area contributed by atoms with E-state index in [-0.39, 0.29) is 0 Å². The molecule has 122 valence electrons. The van der Waals surface area contributed by atoms with Gasteiger partial charge in [0.05, 0.1) is 22.8 Å². The first-order chi connectivity index (χ1) is 11.7. The second-order valence-electron chi connectivity index (χ2n) is 6.33. The lowest BCUT2D eigenvalue weighted by molar-refractivity contribution is 0.443. The number of nitrogens with one attached hydrogen (secondary N) is 1. The maximum absolute atomic E-state index is 4.72. The molecular weight excluding hydrogens is 298 g/mol. The number of nitrogens with zero attached hydrogens (tertiary/aromatic N) is 4. The minimum Gasteiger partial charge on any atom is -0.351 e. The first kappa shape index (κ1) is 14.9. The van der Waals surface area contributed by atoms with Gasteiger partial charge in [-0.2, -0.15) is 5.10 Å². The number of aryl methyl sites for hydroxylation is 1. The fourth-order valence-corrected chi connectivity index (χ4v) is 3.14. The normalized spacial score (nSPS) is 14.4. The topological polar surface area (TPSA) is 55.6 Å². The van der Waals surface area contributed by atoms with Crippen LogP contribution in [-0.2, 0) is 0 Å². The van der Waals surface area contributed by atoms with Crippen molar-refractivity contribution in [2.45, 2.75) is 39.2 Å². The fourth-order valence-electron chi connectivity index (χ4n) is 3.14. The Morgan fingerprint density at radius 1 is 1.08 bits per heavy atom. The van der Waals surface area contributed by atoms with Gasteiger partial charge in [-0.3, -0.25) is 0 Å². The van der Waals surface area contributed by atoms with Crippen LogP contribution in [0.3, 0.4) is 0 Å². The Morgan fingerprint density at radius 2 is 1.88 bits per heavy atom. The standard InChI is InChI=1S/C19H21N5/c1-13-18(14(2)24(23-13)16-9-4-3-5-10-16)17-11-12-20-19(22-17)21-15-7-6-8-15/h3-5,9-12,15H,6-8H2,1-2H3,(H,20,21,22). The minimum atomic E-state index is 0.523. The highest BCUT2D eigenvalue weighted by molar-refractivity contribution is 5.66. The minimum absolute atomic E-state index is 0.523. The van der Waals surface area contributed by atoms with Gasteiger partial charge in [0.1, 0.15) is 0 Å². The van der Waals surface area contributed by atoms with Crippen LogP contribution in [0.5, 0.6) is 0 Å². The van der Waals surface area contributed by atoms with Crippen LogP contribution in [0.4, 0.5) is 5.95 Å². The summed E-state index contributed by atoms with van der Waals surface area (Å²) in [6.07, 6.45) is 5.52. The van der Waals surface area contributed by atoms with E-state index in [0.717, 1.165) is 28.3 Å². The largest absolute Gasteiger partial charge is 0.351 e. The van der Waals surface area contributed by atoms with Crippen LogP contribution in [-0.4, -0.2) is 25.8 Å². The molecule has 2 heterocycles. The molecule has 1 N–H and O–H groups in total. The number of rotatable bonds is 4. The second-order valence-corrected chi connectivity index (χ2v) is 6.33. The molecule has 5 heteroatoms. The van der Waals surface area contributed by atoms with Crippen LogP contribution in [0, 0.1) is 13.8 Å². The quantitative estimate of drug-likeness (QED) is 0.792. The number of anilines is 1. The molecule has 0 saturated heterocycles. The molecule has 0 radical (unpaired) electrons. The van der Waals surface area contributed by atoms with Gasteiger partial charge in [0, 0.05) is 17.8 Å². The van der Waals surface area contributed by atoms with E-state index in [2.05, 4.69) is 29.4 Å². The van der Waals surface area contributed by atoms with Crippen molar-refractivity contribution in [1.82, 2.24) is 19.7 Å². The van der Waals surface area contributed by atoms with Gasteiger partial charge in [-0.1, -0.05) is 18.2 Å². The van der Waals surface area contributed by atoms with Crippen LogP contribution in [0.25, 0.3) is 16.9 Å². The highest BCUT2D eigenvalue weighted by Gasteiger charge is 2.19. The van der Waals surface area contributed by atoms with Gasteiger partial charge in [0.15, 0.2) is 0 Å². The van der Waals surface area contributed by atoms with E-state index >= 15 is 0 Å². The van der Waals surface area contributed by atoms with E-state index in [0.29, 0.717) is 12.0 Å². The molecule has 1 aliphatic carbocycles. The zero-order chi connectivity index (χ0) is 16.5. The monoisotopic (exact) mass is 319 g/mol. The van der Waals surface area contributed by atoms with Crippen molar-refractivity contribution in [3.63, 3.8) is 0 Å². The SMILES string of the molecule is Cc1nn(-c2ccccc2)c(C)c1-c1ccnc(NC2CCC2)n1. The highest BCUT2D eigenvalue weighted by atomic mass is 15.3. The van der Waals surface area contributed by atoms with E-state index in [4.69, 9.17) is 10.1 Å². The Balaban J connectivity index is 1.71. The first-order valence-corrected chi connectivity index (χ1v) is 8.44. The summed E-state index contributed by atoms with van der Waals surface area (Å²) < 4.78 is 1.98. The summed E-state index contributed by atoms with van der Waals surface area (Å²) in [7, 11) is 0. The van der Waals surface area contributed by atoms with E-state index in [1.54, 1.807) is 0 Å². The number of benzene rings is 1. The Kier molecular flexibility index (Phi) is 3.76. The van der Waals surface area contributed by atoms with Crippen molar-refractivity contribution in [2.75, 3.05) is 5.32 Å². The number of para-hydroxylation sites is 1. The van der Waals surface area contributed by atoms with Crippen molar-refractivity contribution >= 4 is 5.95 Å². The molecule has 3 aromatic rings. The molecule has 0 bridgehead atoms. The third-order valence-corrected chi connectivity index (χ3v) is 4.64. The zero-order valence-electron chi connectivity index (χ0n) is 14.0. The van der Waals surface area contributed by atoms with E-state index in [1.165, 1.54) is 19.3 Å². The lowest BCUT2D eigenvalue weighted by Gasteiger charge is -2.26. The van der Waals surface area contributed by atoms with E-state index < -0.39 is 0 Å². The number of aromatic nitrogens is 4. The van der Waals surface area contributed by atoms with Gasteiger partial charge in [0.2, 0.25) is 5.95 Å². The van der Waals surface area contributed by atoms with Crippen LogP contribution < -0.4 is 5.32 Å². The zero-order valence-corrected chi connectivity index (χ0v) is 14.0. The molecule has 2 aromatic heterocycles. The molecule has 1 saturated carbocycles. The summed E-state index contributed by atoms with van der Waals surface area (Å²) in [5.74, 6) is 0.712. The van der Waals surface area contributed by atoms with E-state index in [9.17, 15) is 0 Å². The third-order valence-electron chi connectivity index (χ3n) is 4.64. The molecule has 5 nitrogen and oxygen atoms in total. The number of hydrogen-bond acceptors (Lipinski definition) is 4. The third kappa shape index (κ3) is 2.66. The maximum atomic E-state index is 4.72. The summed E-state index contributed by atoms with van der Waals surface area (Å²) in [4.78, 5) is 9.08. The molecular formula is C19H21N5. The molecule has 4 rings (SSSR count). The molecule has 0 amide bonds. The molecule has 1 aliphatic rings. The Morgan fingerprint density at radius 3 is 2.58 bits per heavy atom. The Bertz CT molecular complexity index is 849. The van der Waals surface area contributed by atoms with Crippen LogP contribution in [0.1, 0.15) is 30.7 Å². The summed E-state index contributed by atoms with van der Waals surface area (Å²) in [6, 6.07) is 12.7. The number of hydrogen-bond donors (Lipinski definition) is 1. The fraction of sp³-hybridized carbons (Fsp3) is 0.316. The summed E-state index contributed by atoms with van der Waals surface area (Å²) in [5.41, 5.74) is 5.13. The molecule has 1 fully saturated rings. The Hall–Kier alpha value is -2.69. The molecule has 1 aromatic carbocycles. The molecule has 0 aliphatic heterocycles. The van der Waals surface area contributed by atoms with Gasteiger partial charge in [-0.15, -0.1) is 0 Å². The van der Waals surface area contributed by atoms with Crippen LogP contribution >= 0.6 is 0 Å². The predicted molar refractivity (Wildman–Crippen MR) is 95.3 cm³/mol. The van der Waals surface area contributed by atoms with Crippen molar-refractivity contribution in [3.8, 4) is 16.9 Å². The van der Waals surface area contributed by atoms with Gasteiger partial charge in [0.25, 0.3) is 0 Å². The van der Waals surface area contributed by atoms with Crippen LogP contribution in [0.15, 0.2) is 42.6 Å². The van der Waals surface area contributed by atoms with Gasteiger partial charge < -0.3 is 5.32 Å². The molecule has 24 heavy (non-hydrogen) atoms. The maximum Gasteiger partial charge on any atom is 0.223 e. The molecule has 0 atom stereocenters. The van der Waals surface area contributed by atoms with Gasteiger partial charge in [-0.05, 0) is 51.3 Å². The summed E-state index contributed by atoms with van der Waals surface area (Å²) in [5, 5.41) is 8.13. The van der Waals surface area contributed by atoms with Gasteiger partial charge >= 0.3 is 0 Å². The predicted octanol–water partition coefficient (Wildman–Crippen LogP) is 3.91. The summed E-state index contributed by atoms with van der Waals surface area (Å²) in [6.45, 7) is 4.12. The lowest BCUT2D eigenvalue weighted by atomic mass is 9.93. The average Bonchev–Trinajstić information content (AvgIpc) is 2.87. The molecule has 0 spiro atoms. The Labute approximate surface area is 141 Å². The van der Waals surface area contributed by atoms with E-state index in [1.807, 2.05) is 42.1 Å². The average molecular weight is 319 g/mol. The smallest absolute Gasteiger partial charge is 0.223 e. The van der Waals surface area contributed by atoms with Crippen LogP contribution in [0.2, 0.25) is 0 Å². The molecule has 0 unspecified atom stereocenters. The highest BCUT2D eigenvalue weighted by Crippen LogP contribution is 2.28. The lowest BCUT2D eigenvalue weighted by Crippen LogP contribution is -2.28. The van der Waals surface area contributed by atoms with Crippen molar-refractivity contribution < 1.29 is 0 Å². The first-order valence-electron chi connectivity index (χ1n) is 8.44. The van der Waals surface area contributed by atoms with Crippen molar-refractivity contribution in [1.29, 1.82) is 0 Å². The van der Waals surface area contributed by atoms with Gasteiger partial charge in [-0.25, -0.2) is 14.6 Å². The van der Waals surface area contributed by atoms with Crippen molar-refractivity contribution in [3.05, 3.63) is 54.0 Å². The van der Waals surface area contributed by atoms with Crippen molar-refractivity contribution in [2.24, 2.45) is 0 Å².